The Morgan fingerprint density at radius 2 is 2.11 bits per heavy atom. The second kappa shape index (κ2) is 6.78. The quantitative estimate of drug-likeness (QED) is 0.753. The summed E-state index contributed by atoms with van der Waals surface area (Å²) in [6.45, 7) is 1.98. The lowest BCUT2D eigenvalue weighted by molar-refractivity contribution is 0.0594. The molecule has 5 nitrogen and oxygen atoms in total. The maximum absolute atomic E-state index is 11.5. The normalized spacial score (nSPS) is 25.6. The Hall–Kier alpha value is -2.15. The van der Waals surface area contributed by atoms with Crippen LogP contribution in [0.2, 0.25) is 0 Å². The third kappa shape index (κ3) is 3.18. The Balaban J connectivity index is 1.48. The predicted octanol–water partition coefficient (Wildman–Crippen LogP) is 3.32. The van der Waals surface area contributed by atoms with Gasteiger partial charge in [0.2, 0.25) is 0 Å². The fourth-order valence-electron chi connectivity index (χ4n) is 4.41. The van der Waals surface area contributed by atoms with Gasteiger partial charge in [0, 0.05) is 18.7 Å². The lowest BCUT2D eigenvalue weighted by Gasteiger charge is -2.38. The largest absolute Gasteiger partial charge is 0.484 e. The zero-order valence-corrected chi connectivity index (χ0v) is 15.8. The van der Waals surface area contributed by atoms with Crippen LogP contribution in [0.15, 0.2) is 51.7 Å². The minimum Gasteiger partial charge on any atom is -0.484 e. The number of rotatable bonds is 3. The Morgan fingerprint density at radius 1 is 1.22 bits per heavy atom. The Kier molecular flexibility index (Phi) is 4.27. The van der Waals surface area contributed by atoms with Gasteiger partial charge < -0.3 is 14.9 Å². The molecule has 0 bridgehead atoms. The molecule has 0 spiro atoms. The molecule has 2 N–H and O–H groups in total. The second-order valence-corrected chi connectivity index (χ2v) is 8.45. The molecule has 5 rings (SSSR count). The molecule has 1 aliphatic carbocycles. The van der Waals surface area contributed by atoms with E-state index in [0.717, 1.165) is 54.1 Å². The van der Waals surface area contributed by atoms with E-state index in [1.807, 2.05) is 18.2 Å². The van der Waals surface area contributed by atoms with Crippen molar-refractivity contribution in [2.45, 2.75) is 37.5 Å². The maximum atomic E-state index is 11.5. The van der Waals surface area contributed by atoms with E-state index >= 15 is 0 Å². The van der Waals surface area contributed by atoms with Crippen LogP contribution in [-0.2, 0) is 6.42 Å². The first kappa shape index (κ1) is 17.0. The molecule has 140 valence electrons. The van der Waals surface area contributed by atoms with E-state index in [2.05, 4.69) is 29.2 Å². The van der Waals surface area contributed by atoms with Crippen LogP contribution < -0.4 is 15.4 Å². The number of nitrogens with two attached hydrogens (primary N) is 1. The highest BCUT2D eigenvalue weighted by atomic mass is 32.1. The van der Waals surface area contributed by atoms with Gasteiger partial charge in [-0.2, -0.15) is 0 Å². The number of hydrogen-bond acceptors (Lipinski definition) is 6. The summed E-state index contributed by atoms with van der Waals surface area (Å²) in [5.74, 6) is 0.771. The van der Waals surface area contributed by atoms with Crippen LogP contribution in [0.1, 0.15) is 30.1 Å². The number of piperidine rings is 1. The van der Waals surface area contributed by atoms with Gasteiger partial charge in [-0.1, -0.05) is 35.6 Å². The summed E-state index contributed by atoms with van der Waals surface area (Å²) in [5, 5.41) is 0. The average molecular weight is 382 g/mol. The molecule has 2 heterocycles. The van der Waals surface area contributed by atoms with Crippen molar-refractivity contribution in [2.75, 3.05) is 13.1 Å². The number of likely N-dealkylation sites (tertiary alicyclic amines) is 1. The monoisotopic (exact) mass is 382 g/mol. The van der Waals surface area contributed by atoms with E-state index in [0.29, 0.717) is 5.58 Å². The number of ether oxygens (including phenoxy) is 1. The van der Waals surface area contributed by atoms with E-state index in [4.69, 9.17) is 14.9 Å². The van der Waals surface area contributed by atoms with Gasteiger partial charge in [0.05, 0.1) is 10.7 Å². The van der Waals surface area contributed by atoms with Gasteiger partial charge in [-0.05, 0) is 49.1 Å². The molecule has 0 unspecified atom stereocenters. The Morgan fingerprint density at radius 3 is 3.00 bits per heavy atom. The van der Waals surface area contributed by atoms with E-state index < -0.39 is 0 Å². The van der Waals surface area contributed by atoms with Gasteiger partial charge in [-0.15, -0.1) is 0 Å². The molecule has 0 amide bonds. The van der Waals surface area contributed by atoms with Crippen LogP contribution in [0.5, 0.6) is 5.75 Å². The van der Waals surface area contributed by atoms with E-state index in [-0.39, 0.29) is 23.1 Å². The number of fused-ring (bicyclic) bond motifs is 2. The van der Waals surface area contributed by atoms with Crippen molar-refractivity contribution in [1.82, 2.24) is 4.90 Å². The lowest BCUT2D eigenvalue weighted by atomic mass is 10.0. The molecule has 1 aromatic heterocycles. The van der Waals surface area contributed by atoms with Gasteiger partial charge in [-0.3, -0.25) is 4.90 Å². The number of hydrogen-bond donors (Lipinski definition) is 1. The third-order valence-electron chi connectivity index (χ3n) is 5.66. The first-order valence-electron chi connectivity index (χ1n) is 9.45. The fourth-order valence-corrected chi connectivity index (χ4v) is 5.11. The summed E-state index contributed by atoms with van der Waals surface area (Å²) in [4.78, 5) is 13.7. The zero-order chi connectivity index (χ0) is 18.4. The van der Waals surface area contributed by atoms with Crippen molar-refractivity contribution in [3.8, 4) is 5.75 Å². The molecule has 1 fully saturated rings. The highest BCUT2D eigenvalue weighted by Gasteiger charge is 2.39. The minimum absolute atomic E-state index is 0.0347. The van der Waals surface area contributed by atoms with Crippen LogP contribution in [0.25, 0.3) is 10.3 Å². The average Bonchev–Trinajstić information content (AvgIpc) is 3.21. The van der Waals surface area contributed by atoms with Crippen molar-refractivity contribution < 1.29 is 9.15 Å². The van der Waals surface area contributed by atoms with Gasteiger partial charge in [0.15, 0.2) is 0 Å². The SMILES string of the molecule is N[C@@H]1CCCN([C@@H]2Cc3ccccc3[C@H]2Oc2ccc3oc(=O)sc3c2)C1. The van der Waals surface area contributed by atoms with Gasteiger partial charge in [0.25, 0.3) is 0 Å². The molecule has 2 aromatic carbocycles. The van der Waals surface area contributed by atoms with Gasteiger partial charge in [0.1, 0.15) is 17.4 Å². The third-order valence-corrected chi connectivity index (χ3v) is 6.45. The van der Waals surface area contributed by atoms with E-state index in [1.54, 1.807) is 0 Å². The minimum atomic E-state index is -0.284. The van der Waals surface area contributed by atoms with Crippen molar-refractivity contribution >= 4 is 21.6 Å². The number of nitrogens with zero attached hydrogens (tertiary/aromatic N) is 1. The summed E-state index contributed by atoms with van der Waals surface area (Å²) in [7, 11) is 0. The Labute approximate surface area is 161 Å². The standard InChI is InChI=1S/C21H22N2O3S/c22-14-5-3-9-23(12-14)17-10-13-4-1-2-6-16(13)20(17)25-15-7-8-18-19(11-15)27-21(24)26-18/h1-2,4,6-8,11,14,17,20H,3,5,9-10,12,22H2/t14-,17-,20-/m1/s1. The fraction of sp³-hybridized carbons (Fsp3) is 0.381. The molecular weight excluding hydrogens is 360 g/mol. The molecule has 1 saturated heterocycles. The summed E-state index contributed by atoms with van der Waals surface area (Å²) in [5.41, 5.74) is 9.45. The van der Waals surface area contributed by atoms with Crippen LogP contribution in [-0.4, -0.2) is 30.1 Å². The van der Waals surface area contributed by atoms with Gasteiger partial charge >= 0.3 is 4.94 Å². The van der Waals surface area contributed by atoms with E-state index in [1.165, 1.54) is 11.1 Å². The zero-order valence-electron chi connectivity index (χ0n) is 15.0. The molecule has 1 aliphatic heterocycles. The van der Waals surface area contributed by atoms with Crippen LogP contribution >= 0.6 is 11.3 Å². The van der Waals surface area contributed by atoms with Gasteiger partial charge in [-0.25, -0.2) is 4.79 Å². The molecule has 0 radical (unpaired) electrons. The number of benzene rings is 2. The van der Waals surface area contributed by atoms with E-state index in [9.17, 15) is 4.79 Å². The highest BCUT2D eigenvalue weighted by molar-refractivity contribution is 7.16. The summed E-state index contributed by atoms with van der Waals surface area (Å²) < 4.78 is 12.5. The molecule has 3 atom stereocenters. The van der Waals surface area contributed by atoms with Crippen LogP contribution in [0.3, 0.4) is 0 Å². The maximum Gasteiger partial charge on any atom is 0.396 e. The molecular formula is C21H22N2O3S. The summed E-state index contributed by atoms with van der Waals surface area (Å²) >= 11 is 1.11. The summed E-state index contributed by atoms with van der Waals surface area (Å²) in [6, 6.07) is 14.7. The van der Waals surface area contributed by atoms with Crippen molar-refractivity contribution in [1.29, 1.82) is 0 Å². The van der Waals surface area contributed by atoms with Crippen LogP contribution in [0.4, 0.5) is 0 Å². The molecule has 6 heteroatoms. The molecule has 0 saturated carbocycles. The summed E-state index contributed by atoms with van der Waals surface area (Å²) in [6.07, 6.45) is 3.18. The Bertz CT molecular complexity index is 1030. The first-order chi connectivity index (χ1) is 13.2. The second-order valence-electron chi connectivity index (χ2n) is 7.47. The highest BCUT2D eigenvalue weighted by Crippen LogP contribution is 2.39. The molecule has 2 aliphatic rings. The van der Waals surface area contributed by atoms with Crippen molar-refractivity contribution in [3.05, 3.63) is 63.3 Å². The van der Waals surface area contributed by atoms with Crippen molar-refractivity contribution in [2.24, 2.45) is 5.73 Å². The predicted molar refractivity (Wildman–Crippen MR) is 106 cm³/mol. The molecule has 3 aromatic rings. The topological polar surface area (TPSA) is 68.7 Å². The van der Waals surface area contributed by atoms with Crippen molar-refractivity contribution in [3.63, 3.8) is 0 Å². The lowest BCUT2D eigenvalue weighted by Crippen LogP contribution is -2.49. The molecule has 27 heavy (non-hydrogen) atoms. The smallest absolute Gasteiger partial charge is 0.396 e. The van der Waals surface area contributed by atoms with Crippen LogP contribution in [0, 0.1) is 0 Å². The first-order valence-corrected chi connectivity index (χ1v) is 10.3.